The van der Waals surface area contributed by atoms with Crippen molar-refractivity contribution in [1.29, 1.82) is 0 Å². The van der Waals surface area contributed by atoms with E-state index in [1.54, 1.807) is 0 Å². The van der Waals surface area contributed by atoms with Crippen LogP contribution in [0.5, 0.6) is 5.75 Å². The van der Waals surface area contributed by atoms with Crippen LogP contribution in [0.4, 0.5) is 0 Å². The molecule has 0 atom stereocenters. The van der Waals surface area contributed by atoms with E-state index in [2.05, 4.69) is 26.8 Å². The smallest absolute Gasteiger partial charge is 0.514 e. The number of halogens is 1. The van der Waals surface area contributed by atoms with Crippen LogP contribution >= 0.6 is 12.4 Å². The summed E-state index contributed by atoms with van der Waals surface area (Å²) >= 11 is 0. The molecule has 0 heterocycles. The standard InChI is InChI=1S/C10H13O.C4H9.ClH.Mg/c1-10(2,3)11-9-7-5-4-6-8-9;1-4(2)3;;/h4-7H,1-3H3;1-3H3;1H;/q2*-1;;+2. The van der Waals surface area contributed by atoms with Crippen LogP contribution in [0.1, 0.15) is 41.5 Å². The van der Waals surface area contributed by atoms with E-state index >= 15 is 0 Å². The first kappa shape index (κ1) is 22.3. The van der Waals surface area contributed by atoms with Crippen molar-refractivity contribution in [3.8, 4) is 5.75 Å². The molecular formula is C14H23ClMgO. The number of rotatable bonds is 1. The quantitative estimate of drug-likeness (QED) is 0.543. The fourth-order valence-corrected chi connectivity index (χ4v) is 0.770. The molecule has 94 valence electrons. The summed E-state index contributed by atoms with van der Waals surface area (Å²) in [5.41, 5.74) is -0.127. The van der Waals surface area contributed by atoms with Crippen LogP contribution in [0, 0.1) is 12.0 Å². The maximum atomic E-state index is 5.55. The van der Waals surface area contributed by atoms with Gasteiger partial charge in [-0.3, -0.25) is 0 Å². The molecule has 0 aliphatic heterocycles. The van der Waals surface area contributed by atoms with E-state index in [4.69, 9.17) is 4.74 Å². The van der Waals surface area contributed by atoms with Crippen molar-refractivity contribution in [3.63, 3.8) is 0 Å². The van der Waals surface area contributed by atoms with Crippen molar-refractivity contribution in [2.75, 3.05) is 0 Å². The summed E-state index contributed by atoms with van der Waals surface area (Å²) in [5, 5.41) is 0. The molecule has 0 aliphatic rings. The van der Waals surface area contributed by atoms with Crippen LogP contribution in [0.3, 0.4) is 0 Å². The molecule has 0 unspecified atom stereocenters. The maximum Gasteiger partial charge on any atom is 2.00 e. The first-order chi connectivity index (χ1) is 6.81. The Kier molecular flexibility index (Phi) is 14.7. The zero-order chi connectivity index (χ0) is 11.9. The number of hydrogen-bond acceptors (Lipinski definition) is 1. The monoisotopic (exact) mass is 266 g/mol. The van der Waals surface area contributed by atoms with Gasteiger partial charge in [0.2, 0.25) is 0 Å². The van der Waals surface area contributed by atoms with Gasteiger partial charge in [0.25, 0.3) is 0 Å². The Morgan fingerprint density at radius 2 is 1.59 bits per heavy atom. The summed E-state index contributed by atoms with van der Waals surface area (Å²) in [6.45, 7) is 12.3. The molecule has 0 N–H and O–H groups in total. The minimum Gasteiger partial charge on any atom is -0.514 e. The predicted octanol–water partition coefficient (Wildman–Crippen LogP) is 4.33. The summed E-state index contributed by atoms with van der Waals surface area (Å²) in [4.78, 5) is 0. The van der Waals surface area contributed by atoms with Crippen LogP contribution < -0.4 is 4.74 Å². The number of benzene rings is 1. The summed E-state index contributed by atoms with van der Waals surface area (Å²) in [7, 11) is 0. The summed E-state index contributed by atoms with van der Waals surface area (Å²) in [6, 6.07) is 10.6. The average molecular weight is 267 g/mol. The molecule has 0 amide bonds. The van der Waals surface area contributed by atoms with Gasteiger partial charge >= 0.3 is 23.1 Å². The van der Waals surface area contributed by atoms with Crippen LogP contribution in [-0.4, -0.2) is 28.7 Å². The number of hydrogen-bond donors (Lipinski definition) is 0. The van der Waals surface area contributed by atoms with Gasteiger partial charge in [-0.05, 0) is 20.8 Å². The van der Waals surface area contributed by atoms with Crippen molar-refractivity contribution < 1.29 is 4.74 Å². The SMILES string of the molecule is CC(C)(C)Oc1[c-]cccc1.C[C-](C)C.Cl.[Mg+2]. The second-order valence-corrected chi connectivity index (χ2v) is 4.94. The number of ether oxygens (including phenoxy) is 1. The predicted molar refractivity (Wildman–Crippen MR) is 78.9 cm³/mol. The summed E-state index contributed by atoms with van der Waals surface area (Å²) in [5.74, 6) is 2.22. The zero-order valence-corrected chi connectivity index (χ0v) is 14.1. The Labute approximate surface area is 129 Å². The minimum absolute atomic E-state index is 0. The summed E-state index contributed by atoms with van der Waals surface area (Å²) < 4.78 is 5.55. The van der Waals surface area contributed by atoms with E-state index in [0.29, 0.717) is 0 Å². The molecular weight excluding hydrogens is 244 g/mol. The van der Waals surface area contributed by atoms with Gasteiger partial charge in [-0.25, -0.2) is 0 Å². The Morgan fingerprint density at radius 1 is 1.12 bits per heavy atom. The van der Waals surface area contributed by atoms with Crippen molar-refractivity contribution >= 4 is 35.5 Å². The van der Waals surface area contributed by atoms with Crippen LogP contribution in [0.2, 0.25) is 0 Å². The van der Waals surface area contributed by atoms with E-state index in [1.807, 2.05) is 45.0 Å². The topological polar surface area (TPSA) is 9.23 Å². The van der Waals surface area contributed by atoms with Gasteiger partial charge in [-0.1, -0.05) is 0 Å². The van der Waals surface area contributed by atoms with E-state index in [9.17, 15) is 0 Å². The molecule has 0 spiro atoms. The van der Waals surface area contributed by atoms with E-state index in [-0.39, 0.29) is 41.1 Å². The fourth-order valence-electron chi connectivity index (χ4n) is 0.770. The van der Waals surface area contributed by atoms with Gasteiger partial charge in [0.15, 0.2) is 0 Å². The third-order valence-electron chi connectivity index (χ3n) is 1.10. The number of para-hydroxylation sites is 1. The van der Waals surface area contributed by atoms with Gasteiger partial charge in [0, 0.05) is 5.75 Å². The first-order valence-electron chi connectivity index (χ1n) is 5.24. The van der Waals surface area contributed by atoms with Gasteiger partial charge in [0.05, 0.1) is 5.60 Å². The van der Waals surface area contributed by atoms with E-state index in [1.165, 1.54) is 5.92 Å². The summed E-state index contributed by atoms with van der Waals surface area (Å²) in [6.07, 6.45) is 0. The molecule has 0 radical (unpaired) electrons. The second-order valence-electron chi connectivity index (χ2n) is 4.94. The Balaban J connectivity index is -0.000000289. The Hall–Kier alpha value is 0.0762. The third-order valence-corrected chi connectivity index (χ3v) is 1.10. The molecule has 17 heavy (non-hydrogen) atoms. The van der Waals surface area contributed by atoms with Gasteiger partial charge in [-0.15, -0.1) is 24.5 Å². The van der Waals surface area contributed by atoms with Crippen molar-refractivity contribution in [2.45, 2.75) is 47.1 Å². The molecule has 1 aromatic carbocycles. The molecule has 0 saturated carbocycles. The molecule has 1 aromatic rings. The van der Waals surface area contributed by atoms with Gasteiger partial charge in [0.1, 0.15) is 0 Å². The molecule has 0 aliphatic carbocycles. The maximum absolute atomic E-state index is 5.55. The first-order valence-corrected chi connectivity index (χ1v) is 5.24. The zero-order valence-electron chi connectivity index (χ0n) is 11.8. The van der Waals surface area contributed by atoms with Crippen LogP contribution in [0.15, 0.2) is 24.3 Å². The molecule has 0 fully saturated rings. The third kappa shape index (κ3) is 18.6. The largest absolute Gasteiger partial charge is 2.00 e. The second kappa shape index (κ2) is 11.2. The Bertz CT molecular complexity index is 252. The van der Waals surface area contributed by atoms with Crippen molar-refractivity contribution in [2.24, 2.45) is 0 Å². The molecule has 0 bridgehead atoms. The van der Waals surface area contributed by atoms with Crippen LogP contribution in [-0.2, 0) is 0 Å². The molecule has 1 nitrogen and oxygen atoms in total. The molecule has 0 saturated heterocycles. The molecule has 0 aromatic heterocycles. The van der Waals surface area contributed by atoms with Crippen LogP contribution in [0.25, 0.3) is 0 Å². The normalized spacial score (nSPS) is 9.35. The molecule has 3 heteroatoms. The average Bonchev–Trinajstić information content (AvgIpc) is 2.01. The van der Waals surface area contributed by atoms with Crippen molar-refractivity contribution in [1.82, 2.24) is 0 Å². The van der Waals surface area contributed by atoms with Gasteiger partial charge in [-0.2, -0.15) is 39.0 Å². The molecule has 1 rings (SSSR count). The minimum atomic E-state index is -0.127. The fraction of sp³-hybridized carbons (Fsp3) is 0.500. The van der Waals surface area contributed by atoms with Crippen molar-refractivity contribution in [3.05, 3.63) is 36.2 Å². The van der Waals surface area contributed by atoms with Gasteiger partial charge < -0.3 is 10.7 Å². The Morgan fingerprint density at radius 3 is 1.88 bits per heavy atom. The van der Waals surface area contributed by atoms with E-state index in [0.717, 1.165) is 5.75 Å². The van der Waals surface area contributed by atoms with E-state index < -0.39 is 0 Å².